The number of aliphatic hydroxyl groups excluding tert-OH is 3. The van der Waals surface area contributed by atoms with Gasteiger partial charge in [0, 0.05) is 0 Å². The van der Waals surface area contributed by atoms with Crippen molar-refractivity contribution in [2.24, 2.45) is 0 Å². The number of hydrogen-bond donors (Lipinski definition) is 3. The average molecular weight is 396 g/mol. The van der Waals surface area contributed by atoms with Crippen molar-refractivity contribution >= 4 is 7.82 Å². The van der Waals surface area contributed by atoms with E-state index in [0.717, 1.165) is 0 Å². The van der Waals surface area contributed by atoms with Crippen LogP contribution < -0.4 is 9.05 Å². The molecule has 27 heavy (non-hydrogen) atoms. The van der Waals surface area contributed by atoms with E-state index in [9.17, 15) is 14.8 Å². The fourth-order valence-electron chi connectivity index (χ4n) is 2.57. The largest absolute Gasteiger partial charge is 0.587 e. The summed E-state index contributed by atoms with van der Waals surface area (Å²) < 4.78 is 34.7. The van der Waals surface area contributed by atoms with Crippen molar-refractivity contribution in [3.63, 3.8) is 0 Å². The summed E-state index contributed by atoms with van der Waals surface area (Å²) in [7, 11) is -4.13. The number of para-hydroxylation sites is 2. The predicted octanol–water partition coefficient (Wildman–Crippen LogP) is 1.75. The second-order valence-electron chi connectivity index (χ2n) is 5.93. The zero-order chi connectivity index (χ0) is 19.3. The van der Waals surface area contributed by atoms with E-state index in [4.69, 9.17) is 23.4 Å². The third kappa shape index (κ3) is 5.07. The van der Waals surface area contributed by atoms with Gasteiger partial charge in [-0.15, -0.1) is 0 Å². The standard InChI is InChI=1S/C18H21O8P/c19-11-15-17(20)18(21)16(24-15)12-23-27(22,25-13-7-3-1-4-8-13)26-14-9-5-2-6-10-14/h1-10,15-21H,11-12H2/t15-,16+,17+,18+/m0/s1. The van der Waals surface area contributed by atoms with Gasteiger partial charge in [-0.05, 0) is 24.3 Å². The molecule has 0 saturated carbocycles. The molecule has 9 heteroatoms. The van der Waals surface area contributed by atoms with Crippen LogP contribution in [0.25, 0.3) is 0 Å². The van der Waals surface area contributed by atoms with Gasteiger partial charge in [0.15, 0.2) is 0 Å². The fourth-order valence-corrected chi connectivity index (χ4v) is 3.80. The van der Waals surface area contributed by atoms with Gasteiger partial charge in [-0.2, -0.15) is 0 Å². The van der Waals surface area contributed by atoms with Crippen molar-refractivity contribution < 1.29 is 38.2 Å². The molecule has 0 radical (unpaired) electrons. The maximum absolute atomic E-state index is 13.1. The Hall–Kier alpha value is -1.93. The first kappa shape index (κ1) is 19.8. The predicted molar refractivity (Wildman–Crippen MR) is 95.5 cm³/mol. The van der Waals surface area contributed by atoms with E-state index < -0.39 is 38.8 Å². The van der Waals surface area contributed by atoms with E-state index in [2.05, 4.69) is 0 Å². The minimum absolute atomic E-state index is 0.276. The van der Waals surface area contributed by atoms with Gasteiger partial charge in [0.05, 0.1) is 13.2 Å². The highest BCUT2D eigenvalue weighted by molar-refractivity contribution is 7.49. The van der Waals surface area contributed by atoms with Crippen molar-refractivity contribution in [1.29, 1.82) is 0 Å². The quantitative estimate of drug-likeness (QED) is 0.578. The van der Waals surface area contributed by atoms with Crippen LogP contribution in [0.4, 0.5) is 0 Å². The Morgan fingerprint density at radius 2 is 1.33 bits per heavy atom. The number of ether oxygens (including phenoxy) is 1. The lowest BCUT2D eigenvalue weighted by molar-refractivity contribution is -0.0382. The van der Waals surface area contributed by atoms with Crippen molar-refractivity contribution in [3.05, 3.63) is 60.7 Å². The molecule has 2 aromatic carbocycles. The van der Waals surface area contributed by atoms with Gasteiger partial charge < -0.3 is 29.1 Å². The minimum Gasteiger partial charge on any atom is -0.395 e. The number of rotatable bonds is 8. The zero-order valence-corrected chi connectivity index (χ0v) is 15.2. The van der Waals surface area contributed by atoms with Gasteiger partial charge in [-0.25, -0.2) is 4.57 Å². The molecule has 4 atom stereocenters. The molecule has 0 aromatic heterocycles. The molecule has 2 aromatic rings. The number of phosphoric acid groups is 1. The molecule has 1 fully saturated rings. The van der Waals surface area contributed by atoms with Crippen molar-refractivity contribution in [2.75, 3.05) is 13.2 Å². The SMILES string of the molecule is O=P(OC[C@H]1O[C@@H](CO)[C@@H](O)[C@@H]1O)(Oc1ccccc1)Oc1ccccc1. The van der Waals surface area contributed by atoms with E-state index in [1.807, 2.05) is 0 Å². The third-order valence-electron chi connectivity index (χ3n) is 3.96. The van der Waals surface area contributed by atoms with E-state index in [-0.39, 0.29) is 18.1 Å². The summed E-state index contributed by atoms with van der Waals surface area (Å²) in [6.07, 6.45) is -4.51. The molecule has 0 bridgehead atoms. The molecule has 1 aliphatic heterocycles. The number of aliphatic hydroxyl groups is 3. The Balaban J connectivity index is 1.73. The summed E-state index contributed by atoms with van der Waals surface area (Å²) in [6, 6.07) is 16.7. The Morgan fingerprint density at radius 3 is 1.78 bits per heavy atom. The second-order valence-corrected chi connectivity index (χ2v) is 7.45. The van der Waals surface area contributed by atoms with E-state index in [1.54, 1.807) is 60.7 Å². The van der Waals surface area contributed by atoms with Crippen LogP contribution in [0.1, 0.15) is 0 Å². The van der Waals surface area contributed by atoms with Crippen LogP contribution >= 0.6 is 7.82 Å². The van der Waals surface area contributed by atoms with Crippen LogP contribution in [0.3, 0.4) is 0 Å². The first-order chi connectivity index (χ1) is 13.0. The molecule has 8 nitrogen and oxygen atoms in total. The van der Waals surface area contributed by atoms with E-state index in [1.165, 1.54) is 0 Å². The van der Waals surface area contributed by atoms with Crippen molar-refractivity contribution in [3.8, 4) is 11.5 Å². The van der Waals surface area contributed by atoms with Gasteiger partial charge in [-0.1, -0.05) is 36.4 Å². The van der Waals surface area contributed by atoms with Crippen LogP contribution in [0, 0.1) is 0 Å². The maximum atomic E-state index is 13.1. The molecular weight excluding hydrogens is 375 g/mol. The Kier molecular flexibility index (Phi) is 6.49. The lowest BCUT2D eigenvalue weighted by Crippen LogP contribution is -2.35. The van der Waals surface area contributed by atoms with Crippen molar-refractivity contribution in [1.82, 2.24) is 0 Å². The van der Waals surface area contributed by atoms with Gasteiger partial charge in [-0.3, -0.25) is 4.52 Å². The summed E-state index contributed by atoms with van der Waals surface area (Å²) in [6.45, 7) is -0.834. The molecule has 0 amide bonds. The lowest BCUT2D eigenvalue weighted by Gasteiger charge is -2.21. The zero-order valence-electron chi connectivity index (χ0n) is 14.3. The average Bonchev–Trinajstić information content (AvgIpc) is 2.96. The molecule has 0 aliphatic carbocycles. The molecule has 146 valence electrons. The first-order valence-corrected chi connectivity index (χ1v) is 9.83. The molecule has 1 saturated heterocycles. The van der Waals surface area contributed by atoms with E-state index >= 15 is 0 Å². The Morgan fingerprint density at radius 1 is 0.852 bits per heavy atom. The summed E-state index contributed by atoms with van der Waals surface area (Å²) in [5.41, 5.74) is 0. The second kappa shape index (κ2) is 8.84. The Bertz CT molecular complexity index is 711. The molecule has 1 heterocycles. The summed E-state index contributed by atoms with van der Waals surface area (Å²) in [5, 5.41) is 29.0. The number of benzene rings is 2. The molecule has 3 rings (SSSR count). The van der Waals surface area contributed by atoms with Crippen molar-refractivity contribution in [2.45, 2.75) is 24.4 Å². The van der Waals surface area contributed by atoms with Gasteiger partial charge in [0.25, 0.3) is 0 Å². The highest BCUT2D eigenvalue weighted by Gasteiger charge is 2.44. The summed E-state index contributed by atoms with van der Waals surface area (Å²) in [4.78, 5) is 0. The van der Waals surface area contributed by atoms with Gasteiger partial charge in [0.2, 0.25) is 0 Å². The highest BCUT2D eigenvalue weighted by Crippen LogP contribution is 2.50. The van der Waals surface area contributed by atoms with Crippen LogP contribution in [-0.4, -0.2) is 52.9 Å². The molecule has 1 aliphatic rings. The molecule has 0 spiro atoms. The normalized spacial score (nSPS) is 25.3. The fraction of sp³-hybridized carbons (Fsp3) is 0.333. The lowest BCUT2D eigenvalue weighted by atomic mass is 10.1. The van der Waals surface area contributed by atoms with Crippen LogP contribution in [0.5, 0.6) is 11.5 Å². The smallest absolute Gasteiger partial charge is 0.395 e. The summed E-state index contributed by atoms with van der Waals surface area (Å²) in [5.74, 6) is 0.552. The maximum Gasteiger partial charge on any atom is 0.587 e. The monoisotopic (exact) mass is 396 g/mol. The van der Waals surface area contributed by atoms with Gasteiger partial charge in [0.1, 0.15) is 35.9 Å². The number of phosphoric ester groups is 1. The van der Waals surface area contributed by atoms with Crippen LogP contribution in [0.2, 0.25) is 0 Å². The summed E-state index contributed by atoms with van der Waals surface area (Å²) >= 11 is 0. The van der Waals surface area contributed by atoms with Gasteiger partial charge >= 0.3 is 7.82 Å². The molecular formula is C18H21O8P. The third-order valence-corrected chi connectivity index (χ3v) is 5.29. The van der Waals surface area contributed by atoms with Crippen LogP contribution in [-0.2, 0) is 13.8 Å². The minimum atomic E-state index is -4.13. The Labute approximate surface area is 156 Å². The highest BCUT2D eigenvalue weighted by atomic mass is 31.2. The first-order valence-electron chi connectivity index (χ1n) is 8.37. The topological polar surface area (TPSA) is 115 Å². The van der Waals surface area contributed by atoms with E-state index in [0.29, 0.717) is 0 Å². The number of hydrogen-bond acceptors (Lipinski definition) is 8. The van der Waals surface area contributed by atoms with Crippen LogP contribution in [0.15, 0.2) is 60.7 Å². The molecule has 0 unspecified atom stereocenters. The molecule has 3 N–H and O–H groups in total.